The highest BCUT2D eigenvalue weighted by atomic mass is 32.1. The highest BCUT2D eigenvalue weighted by Gasteiger charge is 2.37. The minimum Gasteiger partial charge on any atom is -0.426 e. The van der Waals surface area contributed by atoms with Crippen molar-refractivity contribution in [3.8, 4) is 29.3 Å². The van der Waals surface area contributed by atoms with Gasteiger partial charge in [-0.1, -0.05) is 64.5 Å². The van der Waals surface area contributed by atoms with Crippen molar-refractivity contribution in [2.24, 2.45) is 0 Å². The topological polar surface area (TPSA) is 58.9 Å². The molecule has 2 radical (unpaired) electrons. The molecule has 0 saturated carbocycles. The fraction of sp³-hybridized carbons (Fsp3) is 0.610. The van der Waals surface area contributed by atoms with E-state index in [2.05, 4.69) is 57.5 Å². The molecule has 0 fully saturated rings. The lowest BCUT2D eigenvalue weighted by molar-refractivity contribution is -0.135. The minimum atomic E-state index is -0.959. The molecule has 0 aliphatic carbocycles. The summed E-state index contributed by atoms with van der Waals surface area (Å²) in [4.78, 5) is 8.08. The highest BCUT2D eigenvalue weighted by molar-refractivity contribution is 7.31. The van der Waals surface area contributed by atoms with Gasteiger partial charge in [-0.25, -0.2) is 0 Å². The fourth-order valence-corrected chi connectivity index (χ4v) is 9.92. The van der Waals surface area contributed by atoms with E-state index in [-0.39, 0.29) is 0 Å². The first-order chi connectivity index (χ1) is 24.0. The van der Waals surface area contributed by atoms with Gasteiger partial charge < -0.3 is 19.6 Å². The molecule has 278 valence electrons. The monoisotopic (exact) mass is 766 g/mol. The van der Waals surface area contributed by atoms with E-state index in [4.69, 9.17) is 9.39 Å². The Morgan fingerprint density at radius 2 is 1.04 bits per heavy atom. The van der Waals surface area contributed by atoms with Crippen molar-refractivity contribution in [3.63, 3.8) is 0 Å². The summed E-state index contributed by atoms with van der Waals surface area (Å²) in [5, 5.41) is 21.1. The molecule has 4 rings (SSSR count). The summed E-state index contributed by atoms with van der Waals surface area (Å²) in [7, 11) is 3.94. The lowest BCUT2D eigenvalue weighted by Gasteiger charge is -2.37. The van der Waals surface area contributed by atoms with Gasteiger partial charge in [-0.3, -0.25) is 0 Å². The van der Waals surface area contributed by atoms with Crippen LogP contribution in [-0.2, 0) is 22.2 Å². The summed E-state index contributed by atoms with van der Waals surface area (Å²) in [6, 6.07) is 13.7. The van der Waals surface area contributed by atoms with Crippen molar-refractivity contribution >= 4 is 69.7 Å². The quantitative estimate of drug-likeness (QED) is 0.0618. The Balaban J connectivity index is 1.63. The van der Waals surface area contributed by atoms with Crippen LogP contribution in [-0.4, -0.2) is 53.9 Å². The van der Waals surface area contributed by atoms with Crippen molar-refractivity contribution in [1.82, 2.24) is 0 Å². The van der Waals surface area contributed by atoms with E-state index in [0.29, 0.717) is 6.51 Å². The van der Waals surface area contributed by atoms with Gasteiger partial charge in [-0.2, -0.15) is 11.3 Å². The number of ether oxygens (including phenoxy) is 1. The van der Waals surface area contributed by atoms with E-state index in [9.17, 15) is 10.2 Å². The first-order valence-corrected chi connectivity index (χ1v) is 22.1. The molecule has 0 aromatic carbocycles. The van der Waals surface area contributed by atoms with E-state index >= 15 is 0 Å². The molecule has 0 saturated heterocycles. The molecule has 2 N–H and O–H groups in total. The first-order valence-electron chi connectivity index (χ1n) is 18.8. The number of unbranched alkanes of at least 4 members (excludes halogenated alkanes) is 6. The number of hydrogen-bond acceptors (Lipinski definition) is 8. The number of aliphatic hydroxyl groups is 2. The average molecular weight is 767 g/mol. The molecule has 0 bridgehead atoms. The normalized spacial score (nSPS) is 12.9. The molecule has 10 heteroatoms. The average Bonchev–Trinajstić information content (AvgIpc) is 3.85. The zero-order chi connectivity index (χ0) is 37.5. The van der Waals surface area contributed by atoms with Crippen molar-refractivity contribution < 1.29 is 19.6 Å². The summed E-state index contributed by atoms with van der Waals surface area (Å²) in [6.07, 6.45) is 12.2. The molecule has 4 heterocycles. The van der Waals surface area contributed by atoms with Gasteiger partial charge in [0, 0.05) is 40.5 Å². The highest BCUT2D eigenvalue weighted by Crippen LogP contribution is 2.47. The maximum Gasteiger partial charge on any atom is 0.341 e. The van der Waals surface area contributed by atoms with E-state index in [1.807, 2.05) is 61.7 Å². The molecule has 0 spiro atoms. The molecule has 4 aromatic heterocycles. The van der Waals surface area contributed by atoms with E-state index in [1.54, 1.807) is 46.5 Å². The Morgan fingerprint density at radius 1 is 0.569 bits per heavy atom. The SMILES string of the molecule is CCCCCCc1cc(-c2ccc([B]COC(C)(C)C(C)(C)O)s2)sc1-c1sc(-c2ccc([B]OC(C)(C)C(C)(C)O)s2)cc1CCCCCC. The van der Waals surface area contributed by atoms with Crippen LogP contribution in [0.2, 0.25) is 0 Å². The van der Waals surface area contributed by atoms with Crippen molar-refractivity contribution in [2.45, 2.75) is 156 Å². The van der Waals surface area contributed by atoms with E-state index in [1.165, 1.54) is 96.5 Å². The first kappa shape index (κ1) is 42.5. The van der Waals surface area contributed by atoms with Crippen LogP contribution in [0.25, 0.3) is 29.3 Å². The third kappa shape index (κ3) is 11.6. The van der Waals surface area contributed by atoms with Gasteiger partial charge in [0.05, 0.1) is 22.4 Å². The zero-order valence-electron chi connectivity index (χ0n) is 32.7. The van der Waals surface area contributed by atoms with Crippen LogP contribution in [0.15, 0.2) is 36.4 Å². The summed E-state index contributed by atoms with van der Waals surface area (Å²) in [5.41, 5.74) is -0.277. The molecule has 0 aliphatic rings. The zero-order valence-corrected chi connectivity index (χ0v) is 36.0. The lowest BCUT2D eigenvalue weighted by Crippen LogP contribution is -2.49. The van der Waals surface area contributed by atoms with Gasteiger partial charge in [0.15, 0.2) is 7.28 Å². The standard InChI is InChI=1S/C41H60B2O4S4/c1-11-13-15-17-19-28-25-32(30-21-23-34(48-30)42-27-46-40(7,8)38(3,4)44)50-36(28)37-29(20-18-16-14-12-2)26-33(51-37)31-22-24-35(49-31)43-47-41(9,10)39(5,6)45/h21-26,44-45H,11-20,27H2,1-10H3. The molecular weight excluding hydrogens is 706 g/mol. The molecule has 51 heavy (non-hydrogen) atoms. The van der Waals surface area contributed by atoms with Gasteiger partial charge in [0.1, 0.15) is 0 Å². The minimum absolute atomic E-state index is 0.459. The maximum absolute atomic E-state index is 10.6. The van der Waals surface area contributed by atoms with Crippen LogP contribution in [0.5, 0.6) is 0 Å². The summed E-state index contributed by atoms with van der Waals surface area (Å²) in [5.74, 6) is 0. The van der Waals surface area contributed by atoms with E-state index < -0.39 is 22.4 Å². The molecular formula is C41H60B2O4S4. The van der Waals surface area contributed by atoms with Crippen LogP contribution in [0.4, 0.5) is 0 Å². The molecule has 4 aromatic rings. The Labute approximate surface area is 326 Å². The van der Waals surface area contributed by atoms with Crippen LogP contribution in [0.1, 0.15) is 132 Å². The summed E-state index contributed by atoms with van der Waals surface area (Å²) >= 11 is 7.46. The van der Waals surface area contributed by atoms with Crippen LogP contribution >= 0.6 is 45.3 Å². The summed E-state index contributed by atoms with van der Waals surface area (Å²) < 4.78 is 14.4. The van der Waals surface area contributed by atoms with Gasteiger partial charge in [0.2, 0.25) is 0 Å². The third-order valence-corrected chi connectivity index (χ3v) is 15.3. The Kier molecular flexibility index (Phi) is 15.3. The van der Waals surface area contributed by atoms with Gasteiger partial charge in [0.25, 0.3) is 0 Å². The second-order valence-corrected chi connectivity index (χ2v) is 20.2. The Bertz CT molecular complexity index is 1650. The summed E-state index contributed by atoms with van der Waals surface area (Å²) in [6.45, 7) is 19.9. The maximum atomic E-state index is 10.6. The number of thiophene rings is 4. The molecule has 0 atom stereocenters. The van der Waals surface area contributed by atoms with E-state index in [0.717, 1.165) is 17.6 Å². The van der Waals surface area contributed by atoms with Crippen LogP contribution in [0.3, 0.4) is 0 Å². The van der Waals surface area contributed by atoms with Gasteiger partial charge in [-0.15, -0.1) is 34.0 Å². The lowest BCUT2D eigenvalue weighted by atomic mass is 9.77. The second-order valence-electron chi connectivity index (χ2n) is 15.8. The van der Waals surface area contributed by atoms with Crippen LogP contribution in [0, 0.1) is 0 Å². The van der Waals surface area contributed by atoms with Crippen molar-refractivity contribution in [3.05, 3.63) is 47.5 Å². The fourth-order valence-electron chi connectivity index (χ4n) is 5.34. The number of hydrogen-bond donors (Lipinski definition) is 2. The predicted octanol–water partition coefficient (Wildman–Crippen LogP) is 10.8. The largest absolute Gasteiger partial charge is 0.426 e. The van der Waals surface area contributed by atoms with Gasteiger partial charge in [-0.05, 0) is 121 Å². The number of rotatable bonds is 22. The molecule has 0 aliphatic heterocycles. The Hall–Kier alpha value is -1.23. The second kappa shape index (κ2) is 18.4. The van der Waals surface area contributed by atoms with Crippen molar-refractivity contribution in [1.29, 1.82) is 0 Å². The number of aryl methyl sites for hydroxylation is 2. The predicted molar refractivity (Wildman–Crippen MR) is 229 cm³/mol. The molecule has 4 nitrogen and oxygen atoms in total. The smallest absolute Gasteiger partial charge is 0.341 e. The van der Waals surface area contributed by atoms with Crippen LogP contribution < -0.4 is 9.55 Å². The van der Waals surface area contributed by atoms with Gasteiger partial charge >= 0.3 is 7.48 Å². The van der Waals surface area contributed by atoms with Crippen molar-refractivity contribution in [2.75, 3.05) is 6.51 Å². The third-order valence-electron chi connectivity index (χ3n) is 10.3. The Morgan fingerprint density at radius 3 is 1.51 bits per heavy atom. The molecule has 0 amide bonds. The molecule has 0 unspecified atom stereocenters.